The van der Waals surface area contributed by atoms with Gasteiger partial charge in [0.2, 0.25) is 0 Å². The van der Waals surface area contributed by atoms with E-state index in [1.54, 1.807) is 13.1 Å². The first-order valence-electron chi connectivity index (χ1n) is 3.96. The lowest BCUT2D eigenvalue weighted by Gasteiger charge is -2.08. The zero-order valence-corrected chi connectivity index (χ0v) is 7.49. The standard InChI is InChI=1S/C9H14N2O/c1-7(2)9-10-4-5-11(9)6-8(3)12/h4-5,8,12H,1,6H2,2-3H3. The van der Waals surface area contributed by atoms with Crippen LogP contribution in [0.25, 0.3) is 5.57 Å². The fourth-order valence-electron chi connectivity index (χ4n) is 1.12. The number of aliphatic hydroxyl groups is 1. The first-order valence-corrected chi connectivity index (χ1v) is 3.96. The third kappa shape index (κ3) is 1.95. The molecule has 0 aliphatic heterocycles. The summed E-state index contributed by atoms with van der Waals surface area (Å²) in [6.07, 6.45) is 3.21. The van der Waals surface area contributed by atoms with E-state index in [2.05, 4.69) is 11.6 Å². The third-order valence-corrected chi connectivity index (χ3v) is 1.56. The molecule has 0 spiro atoms. The molecule has 0 saturated carbocycles. The van der Waals surface area contributed by atoms with Crippen LogP contribution in [-0.4, -0.2) is 20.8 Å². The monoisotopic (exact) mass is 166 g/mol. The maximum atomic E-state index is 9.15. The maximum Gasteiger partial charge on any atom is 0.134 e. The van der Waals surface area contributed by atoms with E-state index in [1.165, 1.54) is 0 Å². The van der Waals surface area contributed by atoms with E-state index in [0.717, 1.165) is 11.4 Å². The predicted molar refractivity (Wildman–Crippen MR) is 48.6 cm³/mol. The van der Waals surface area contributed by atoms with Gasteiger partial charge in [0.25, 0.3) is 0 Å². The molecule has 3 nitrogen and oxygen atoms in total. The summed E-state index contributed by atoms with van der Waals surface area (Å²) in [6, 6.07) is 0. The van der Waals surface area contributed by atoms with Crippen LogP contribution in [0.3, 0.4) is 0 Å². The van der Waals surface area contributed by atoms with Gasteiger partial charge in [-0.15, -0.1) is 0 Å². The van der Waals surface area contributed by atoms with E-state index in [9.17, 15) is 0 Å². The van der Waals surface area contributed by atoms with Crippen LogP contribution < -0.4 is 0 Å². The Hall–Kier alpha value is -1.09. The van der Waals surface area contributed by atoms with E-state index < -0.39 is 0 Å². The fraction of sp³-hybridized carbons (Fsp3) is 0.444. The highest BCUT2D eigenvalue weighted by molar-refractivity contribution is 5.54. The van der Waals surface area contributed by atoms with Gasteiger partial charge in [0, 0.05) is 18.9 Å². The number of hydrogen-bond donors (Lipinski definition) is 1. The van der Waals surface area contributed by atoms with Crippen molar-refractivity contribution in [3.63, 3.8) is 0 Å². The van der Waals surface area contributed by atoms with Crippen molar-refractivity contribution in [3.05, 3.63) is 24.8 Å². The summed E-state index contributed by atoms with van der Waals surface area (Å²) < 4.78 is 1.90. The topological polar surface area (TPSA) is 38.0 Å². The Morgan fingerprint density at radius 2 is 2.50 bits per heavy atom. The third-order valence-electron chi connectivity index (χ3n) is 1.56. The molecule has 0 radical (unpaired) electrons. The Balaban J connectivity index is 2.84. The van der Waals surface area contributed by atoms with Crippen molar-refractivity contribution >= 4 is 5.57 Å². The van der Waals surface area contributed by atoms with Gasteiger partial charge < -0.3 is 9.67 Å². The summed E-state index contributed by atoms with van der Waals surface area (Å²) in [7, 11) is 0. The molecule has 0 aliphatic carbocycles. The van der Waals surface area contributed by atoms with Crippen LogP contribution in [0, 0.1) is 0 Å². The van der Waals surface area contributed by atoms with Crippen molar-refractivity contribution in [1.29, 1.82) is 0 Å². The first kappa shape index (κ1) is 9.00. The summed E-state index contributed by atoms with van der Waals surface area (Å²) in [5.74, 6) is 0.843. The minimum Gasteiger partial charge on any atom is -0.392 e. The molecule has 1 unspecified atom stereocenters. The zero-order chi connectivity index (χ0) is 9.14. The molecule has 1 rings (SSSR count). The second-order valence-electron chi connectivity index (χ2n) is 3.03. The molecule has 0 fully saturated rings. The number of rotatable bonds is 3. The van der Waals surface area contributed by atoms with Crippen LogP contribution in [0.4, 0.5) is 0 Å². The number of aromatic nitrogens is 2. The molecule has 0 amide bonds. The molecular formula is C9H14N2O. The number of allylic oxidation sites excluding steroid dienone is 1. The molecule has 1 aromatic rings. The van der Waals surface area contributed by atoms with E-state index in [1.807, 2.05) is 17.7 Å². The SMILES string of the molecule is C=C(C)c1nccn1CC(C)O. The molecule has 1 aromatic heterocycles. The normalized spacial score (nSPS) is 12.9. The van der Waals surface area contributed by atoms with Crippen molar-refractivity contribution in [1.82, 2.24) is 9.55 Å². The van der Waals surface area contributed by atoms with Crippen molar-refractivity contribution in [2.45, 2.75) is 26.5 Å². The van der Waals surface area contributed by atoms with Gasteiger partial charge in [-0.25, -0.2) is 4.98 Å². The minimum absolute atomic E-state index is 0.350. The smallest absolute Gasteiger partial charge is 0.134 e. The highest BCUT2D eigenvalue weighted by Crippen LogP contribution is 2.08. The van der Waals surface area contributed by atoms with Crippen LogP contribution in [-0.2, 0) is 6.54 Å². The van der Waals surface area contributed by atoms with Crippen molar-refractivity contribution in [3.8, 4) is 0 Å². The molecule has 3 heteroatoms. The van der Waals surface area contributed by atoms with Gasteiger partial charge in [0.1, 0.15) is 5.82 Å². The van der Waals surface area contributed by atoms with Gasteiger partial charge in [0.15, 0.2) is 0 Å². The van der Waals surface area contributed by atoms with E-state index >= 15 is 0 Å². The Labute approximate surface area is 72.4 Å². The van der Waals surface area contributed by atoms with Gasteiger partial charge in [0.05, 0.1) is 6.10 Å². The van der Waals surface area contributed by atoms with E-state index in [-0.39, 0.29) is 6.10 Å². The Bertz CT molecular complexity index is 276. The summed E-state index contributed by atoms with van der Waals surface area (Å²) >= 11 is 0. The molecular weight excluding hydrogens is 152 g/mol. The Morgan fingerprint density at radius 1 is 1.83 bits per heavy atom. The van der Waals surface area contributed by atoms with Crippen LogP contribution in [0.2, 0.25) is 0 Å². The van der Waals surface area contributed by atoms with Gasteiger partial charge in [-0.3, -0.25) is 0 Å². The van der Waals surface area contributed by atoms with Gasteiger partial charge in [-0.05, 0) is 19.4 Å². The zero-order valence-electron chi connectivity index (χ0n) is 7.49. The molecule has 66 valence electrons. The van der Waals surface area contributed by atoms with Gasteiger partial charge >= 0.3 is 0 Å². The summed E-state index contributed by atoms with van der Waals surface area (Å²) in [5, 5.41) is 9.15. The average molecular weight is 166 g/mol. The van der Waals surface area contributed by atoms with Crippen molar-refractivity contribution in [2.24, 2.45) is 0 Å². The molecule has 0 saturated heterocycles. The number of hydrogen-bond acceptors (Lipinski definition) is 2. The molecule has 12 heavy (non-hydrogen) atoms. The molecule has 0 aliphatic rings. The fourth-order valence-corrected chi connectivity index (χ4v) is 1.12. The van der Waals surface area contributed by atoms with Crippen LogP contribution in [0.15, 0.2) is 19.0 Å². The number of nitrogens with zero attached hydrogens (tertiary/aromatic N) is 2. The second-order valence-corrected chi connectivity index (χ2v) is 3.03. The highest BCUT2D eigenvalue weighted by Gasteiger charge is 2.04. The lowest BCUT2D eigenvalue weighted by atomic mass is 10.3. The Morgan fingerprint density at radius 3 is 3.00 bits per heavy atom. The molecule has 0 aromatic carbocycles. The van der Waals surface area contributed by atoms with Gasteiger partial charge in [-0.2, -0.15) is 0 Å². The lowest BCUT2D eigenvalue weighted by Crippen LogP contribution is -2.12. The van der Waals surface area contributed by atoms with E-state index in [0.29, 0.717) is 6.54 Å². The van der Waals surface area contributed by atoms with Crippen LogP contribution >= 0.6 is 0 Å². The van der Waals surface area contributed by atoms with Crippen LogP contribution in [0.5, 0.6) is 0 Å². The lowest BCUT2D eigenvalue weighted by molar-refractivity contribution is 0.173. The molecule has 1 N–H and O–H groups in total. The summed E-state index contributed by atoms with van der Waals surface area (Å²) in [4.78, 5) is 4.12. The number of aliphatic hydroxyl groups excluding tert-OH is 1. The molecule has 0 bridgehead atoms. The second kappa shape index (κ2) is 3.54. The van der Waals surface area contributed by atoms with Crippen molar-refractivity contribution < 1.29 is 5.11 Å². The van der Waals surface area contributed by atoms with Gasteiger partial charge in [-0.1, -0.05) is 6.58 Å². The maximum absolute atomic E-state index is 9.15. The summed E-state index contributed by atoms with van der Waals surface area (Å²) in [6.45, 7) is 8.03. The largest absolute Gasteiger partial charge is 0.392 e. The molecule has 1 heterocycles. The minimum atomic E-state index is -0.350. The summed E-state index contributed by atoms with van der Waals surface area (Å²) in [5.41, 5.74) is 0.917. The highest BCUT2D eigenvalue weighted by atomic mass is 16.3. The molecule has 1 atom stereocenters. The quantitative estimate of drug-likeness (QED) is 0.735. The van der Waals surface area contributed by atoms with Crippen LogP contribution in [0.1, 0.15) is 19.7 Å². The number of imidazole rings is 1. The Kier molecular flexibility index (Phi) is 2.65. The average Bonchev–Trinajstić information content (AvgIpc) is 2.33. The van der Waals surface area contributed by atoms with Crippen molar-refractivity contribution in [2.75, 3.05) is 0 Å². The first-order chi connectivity index (χ1) is 5.61. The van der Waals surface area contributed by atoms with E-state index in [4.69, 9.17) is 5.11 Å². The predicted octanol–water partition coefficient (Wildman–Crippen LogP) is 1.30.